The molecule has 128 valence electrons. The first-order valence-electron chi connectivity index (χ1n) is 7.18. The zero-order valence-electron chi connectivity index (χ0n) is 12.9. The number of carbonyl (C=O) groups is 2. The maximum atomic E-state index is 11.9. The summed E-state index contributed by atoms with van der Waals surface area (Å²) >= 11 is 0. The Hall–Kier alpha value is -1.67. The van der Waals surface area contributed by atoms with Gasteiger partial charge in [-0.2, -0.15) is 0 Å². The van der Waals surface area contributed by atoms with Gasteiger partial charge in [0.2, 0.25) is 5.91 Å². The van der Waals surface area contributed by atoms with Crippen molar-refractivity contribution in [2.24, 2.45) is 5.73 Å². The van der Waals surface area contributed by atoms with Gasteiger partial charge in [-0.25, -0.2) is 0 Å². The van der Waals surface area contributed by atoms with Gasteiger partial charge in [-0.15, -0.1) is 12.4 Å². The second-order valence-corrected chi connectivity index (χ2v) is 5.12. The van der Waals surface area contributed by atoms with Crippen LogP contribution in [-0.4, -0.2) is 44.3 Å². The second-order valence-electron chi connectivity index (χ2n) is 5.12. The number of halogens is 1. The number of hydrogen-bond donors (Lipinski definition) is 3. The molecule has 1 aromatic rings. The minimum atomic E-state index is -0.719. The molecule has 1 aliphatic heterocycles. The smallest absolute Gasteiger partial charge is 0.253 e. The lowest BCUT2D eigenvalue weighted by molar-refractivity contribution is -0.124. The van der Waals surface area contributed by atoms with Crippen LogP contribution >= 0.6 is 12.4 Å². The summed E-state index contributed by atoms with van der Waals surface area (Å²) in [6.07, 6.45) is 1.29. The van der Waals surface area contributed by atoms with Crippen molar-refractivity contribution < 1.29 is 19.1 Å². The maximum Gasteiger partial charge on any atom is 0.253 e. The van der Waals surface area contributed by atoms with Crippen molar-refractivity contribution in [3.05, 3.63) is 24.3 Å². The summed E-state index contributed by atoms with van der Waals surface area (Å²) in [7, 11) is 1.48. The number of benzene rings is 1. The summed E-state index contributed by atoms with van der Waals surface area (Å²) in [5, 5.41) is 5.47. The van der Waals surface area contributed by atoms with Crippen molar-refractivity contribution in [2.75, 3.05) is 31.0 Å². The molecular weight excluding hydrogens is 322 g/mol. The van der Waals surface area contributed by atoms with E-state index in [0.717, 1.165) is 12.8 Å². The lowest BCUT2D eigenvalue weighted by Gasteiger charge is -2.13. The molecule has 23 heavy (non-hydrogen) atoms. The zero-order chi connectivity index (χ0) is 15.9. The van der Waals surface area contributed by atoms with Gasteiger partial charge in [0.25, 0.3) is 5.91 Å². The Balaban J connectivity index is 0.00000264. The molecule has 0 spiro atoms. The van der Waals surface area contributed by atoms with E-state index < -0.39 is 6.04 Å². The number of hydrogen-bond acceptors (Lipinski definition) is 5. The van der Waals surface area contributed by atoms with Crippen molar-refractivity contribution in [2.45, 2.75) is 25.0 Å². The first kappa shape index (κ1) is 19.4. The zero-order valence-corrected chi connectivity index (χ0v) is 13.7. The Morgan fingerprint density at radius 3 is 2.43 bits per heavy atom. The van der Waals surface area contributed by atoms with E-state index in [1.54, 1.807) is 24.3 Å². The highest BCUT2D eigenvalue weighted by Crippen LogP contribution is 2.17. The third kappa shape index (κ3) is 5.80. The molecule has 4 N–H and O–H groups in total. The van der Waals surface area contributed by atoms with Gasteiger partial charge in [0.1, 0.15) is 12.1 Å². The third-order valence-electron chi connectivity index (χ3n) is 3.33. The minimum Gasteiger partial charge on any atom is -0.383 e. The summed E-state index contributed by atoms with van der Waals surface area (Å²) in [5.74, 6) is -0.464. The molecule has 0 aromatic heterocycles. The molecule has 1 fully saturated rings. The molecule has 0 saturated carbocycles. The Morgan fingerprint density at radius 2 is 1.91 bits per heavy atom. The fourth-order valence-corrected chi connectivity index (χ4v) is 2.13. The summed E-state index contributed by atoms with van der Waals surface area (Å²) in [5.41, 5.74) is 6.89. The topological polar surface area (TPSA) is 103 Å². The van der Waals surface area contributed by atoms with E-state index >= 15 is 0 Å². The normalized spacial score (nSPS) is 17.9. The van der Waals surface area contributed by atoms with Gasteiger partial charge in [-0.3, -0.25) is 9.59 Å². The van der Waals surface area contributed by atoms with Crippen LogP contribution < -0.4 is 16.4 Å². The predicted molar refractivity (Wildman–Crippen MR) is 89.8 cm³/mol. The summed E-state index contributed by atoms with van der Waals surface area (Å²) < 4.78 is 10.1. The number of nitrogens with one attached hydrogen (secondary N) is 2. The Kier molecular flexibility index (Phi) is 7.97. The van der Waals surface area contributed by atoms with Crippen LogP contribution in [0.4, 0.5) is 11.4 Å². The quantitative estimate of drug-likeness (QED) is 0.718. The number of carbonyl (C=O) groups excluding carboxylic acids is 2. The number of amides is 2. The molecule has 1 heterocycles. The first-order chi connectivity index (χ1) is 10.6. The fourth-order valence-electron chi connectivity index (χ4n) is 2.13. The first-order valence-corrected chi connectivity index (χ1v) is 7.18. The predicted octanol–water partition coefficient (Wildman–Crippen LogP) is 1.14. The highest BCUT2D eigenvalue weighted by Gasteiger charge is 2.23. The van der Waals surface area contributed by atoms with E-state index in [2.05, 4.69) is 10.6 Å². The van der Waals surface area contributed by atoms with Crippen molar-refractivity contribution in [3.8, 4) is 0 Å². The maximum absolute atomic E-state index is 11.9. The van der Waals surface area contributed by atoms with Gasteiger partial charge in [0.05, 0.1) is 6.61 Å². The molecule has 2 amide bonds. The number of rotatable bonds is 6. The summed E-state index contributed by atoms with van der Waals surface area (Å²) in [4.78, 5) is 23.6. The molecule has 0 bridgehead atoms. The van der Waals surface area contributed by atoms with Crippen LogP contribution in [0.25, 0.3) is 0 Å². The molecule has 1 aliphatic rings. The van der Waals surface area contributed by atoms with E-state index in [1.807, 2.05) is 0 Å². The van der Waals surface area contributed by atoms with E-state index in [4.69, 9.17) is 15.2 Å². The van der Waals surface area contributed by atoms with Crippen molar-refractivity contribution >= 4 is 35.6 Å². The number of methoxy groups -OCH3 is 1. The van der Waals surface area contributed by atoms with Crippen LogP contribution in [0.3, 0.4) is 0 Å². The minimum absolute atomic E-state index is 0. The standard InChI is InChI=1S/C15H21N3O4.ClH/c1-21-9-12(16)14(19)17-10-4-6-11(7-5-10)18-15(20)13-3-2-8-22-13;/h4-7,12-13H,2-3,8-9,16H2,1H3,(H,17,19)(H,18,20);1H. The Labute approximate surface area is 141 Å². The average molecular weight is 344 g/mol. The largest absolute Gasteiger partial charge is 0.383 e. The van der Waals surface area contributed by atoms with Crippen molar-refractivity contribution in [3.63, 3.8) is 0 Å². The highest BCUT2D eigenvalue weighted by atomic mass is 35.5. The van der Waals surface area contributed by atoms with Gasteiger partial charge in [0, 0.05) is 25.1 Å². The van der Waals surface area contributed by atoms with Gasteiger partial charge >= 0.3 is 0 Å². The van der Waals surface area contributed by atoms with Crippen molar-refractivity contribution in [1.82, 2.24) is 0 Å². The highest BCUT2D eigenvalue weighted by molar-refractivity contribution is 5.96. The number of nitrogens with two attached hydrogens (primary N) is 1. The second kappa shape index (κ2) is 9.46. The van der Waals surface area contributed by atoms with Crippen molar-refractivity contribution in [1.29, 1.82) is 0 Å². The average Bonchev–Trinajstić information content (AvgIpc) is 3.04. The molecule has 8 heteroatoms. The van der Waals surface area contributed by atoms with Crippen LogP contribution in [0.15, 0.2) is 24.3 Å². The fraction of sp³-hybridized carbons (Fsp3) is 0.467. The van der Waals surface area contributed by atoms with Gasteiger partial charge in [-0.05, 0) is 37.1 Å². The van der Waals surface area contributed by atoms with Crippen LogP contribution in [-0.2, 0) is 19.1 Å². The van der Waals surface area contributed by atoms with Gasteiger partial charge < -0.3 is 25.8 Å². The molecule has 0 radical (unpaired) electrons. The SMILES string of the molecule is COCC(N)C(=O)Nc1ccc(NC(=O)C2CCCO2)cc1.Cl. The molecule has 7 nitrogen and oxygen atoms in total. The number of ether oxygens (including phenoxy) is 2. The van der Waals surface area contributed by atoms with Gasteiger partial charge in [-0.1, -0.05) is 0 Å². The lowest BCUT2D eigenvalue weighted by Crippen LogP contribution is -2.39. The summed E-state index contributed by atoms with van der Waals surface area (Å²) in [6.45, 7) is 0.784. The Morgan fingerprint density at radius 1 is 1.30 bits per heavy atom. The van der Waals surface area contributed by atoms with E-state index in [0.29, 0.717) is 18.0 Å². The van der Waals surface area contributed by atoms with Crippen LogP contribution in [0, 0.1) is 0 Å². The summed E-state index contributed by atoms with van der Waals surface area (Å²) in [6, 6.07) is 6.10. The van der Waals surface area contributed by atoms with Crippen LogP contribution in [0.5, 0.6) is 0 Å². The lowest BCUT2D eigenvalue weighted by atomic mass is 10.2. The molecular formula is C15H22ClN3O4. The monoisotopic (exact) mass is 343 g/mol. The molecule has 2 atom stereocenters. The number of anilines is 2. The van der Waals surface area contributed by atoms with Crippen LogP contribution in [0.2, 0.25) is 0 Å². The van der Waals surface area contributed by atoms with Gasteiger partial charge in [0.15, 0.2) is 0 Å². The molecule has 1 saturated heterocycles. The molecule has 1 aromatic carbocycles. The van der Waals surface area contributed by atoms with E-state index in [-0.39, 0.29) is 36.9 Å². The van der Waals surface area contributed by atoms with Crippen LogP contribution in [0.1, 0.15) is 12.8 Å². The van der Waals surface area contributed by atoms with E-state index in [9.17, 15) is 9.59 Å². The molecule has 2 unspecified atom stereocenters. The Bertz CT molecular complexity index is 518. The third-order valence-corrected chi connectivity index (χ3v) is 3.33. The molecule has 0 aliphatic carbocycles. The molecule has 2 rings (SSSR count). The van der Waals surface area contributed by atoms with E-state index in [1.165, 1.54) is 7.11 Å².